The molecule has 3 N–H and O–H groups in total. The minimum atomic E-state index is -0.311. The first-order chi connectivity index (χ1) is 20.1. The Kier molecular flexibility index (Phi) is 7.33. The quantitative estimate of drug-likeness (QED) is 0.171. The summed E-state index contributed by atoms with van der Waals surface area (Å²) in [6.45, 7) is 10.3. The molecule has 0 radical (unpaired) electrons. The highest BCUT2D eigenvalue weighted by Crippen LogP contribution is 2.34. The molecule has 206 valence electrons. The predicted octanol–water partition coefficient (Wildman–Crippen LogP) is 8.46. The molecule has 4 aromatic heterocycles. The fourth-order valence-corrected chi connectivity index (χ4v) is 5.65. The van der Waals surface area contributed by atoms with Crippen LogP contribution in [-0.4, -0.2) is 25.1 Å². The van der Waals surface area contributed by atoms with Crippen LogP contribution in [0.1, 0.15) is 44.7 Å². The summed E-state index contributed by atoms with van der Waals surface area (Å²) in [6, 6.07) is 14.5. The van der Waals surface area contributed by atoms with E-state index in [1.807, 2.05) is 49.4 Å². The van der Waals surface area contributed by atoms with E-state index in [0.717, 1.165) is 50.3 Å². The normalized spacial score (nSPS) is 15.0. The number of nitrogens with one attached hydrogen (secondary N) is 3. The Morgan fingerprint density at radius 1 is 1.05 bits per heavy atom. The van der Waals surface area contributed by atoms with Crippen molar-refractivity contribution in [2.24, 2.45) is 5.92 Å². The molecule has 0 amide bonds. The number of allylic oxidation sites excluding steroid dienone is 5. The molecule has 1 aromatic carbocycles. The van der Waals surface area contributed by atoms with Gasteiger partial charge < -0.3 is 10.3 Å². The summed E-state index contributed by atoms with van der Waals surface area (Å²) in [5.74, 6) is 0.184. The molecule has 1 aliphatic carbocycles. The zero-order valence-corrected chi connectivity index (χ0v) is 23.2. The molecule has 0 bridgehead atoms. The number of hydrogen-bond donors (Lipinski definition) is 3. The fourth-order valence-electron chi connectivity index (χ4n) is 5.65. The van der Waals surface area contributed by atoms with E-state index in [9.17, 15) is 4.39 Å². The largest absolute Gasteiger partial charge is 0.359 e. The average molecular weight is 545 g/mol. The first-order valence-electron chi connectivity index (χ1n) is 14.1. The maximum Gasteiger partial charge on any atom is 0.135 e. The van der Waals surface area contributed by atoms with Gasteiger partial charge in [-0.25, -0.2) is 9.37 Å². The summed E-state index contributed by atoms with van der Waals surface area (Å²) < 4.78 is 14.6. The molecule has 6 nitrogen and oxygen atoms in total. The number of halogens is 1. The average Bonchev–Trinajstić information content (AvgIpc) is 3.63. The van der Waals surface area contributed by atoms with Gasteiger partial charge in [0.2, 0.25) is 0 Å². The van der Waals surface area contributed by atoms with E-state index in [2.05, 4.69) is 44.7 Å². The topological polar surface area (TPSA) is 82.3 Å². The number of aromatic nitrogens is 5. The van der Waals surface area contributed by atoms with Crippen LogP contribution < -0.4 is 5.32 Å². The molecule has 0 spiro atoms. The van der Waals surface area contributed by atoms with Crippen LogP contribution in [0.15, 0.2) is 97.5 Å². The van der Waals surface area contributed by atoms with Crippen molar-refractivity contribution in [3.63, 3.8) is 0 Å². The molecular formula is C34H33FN6. The van der Waals surface area contributed by atoms with Crippen molar-refractivity contribution in [1.82, 2.24) is 30.5 Å². The van der Waals surface area contributed by atoms with Crippen molar-refractivity contribution in [3.05, 3.63) is 109 Å². The Morgan fingerprint density at radius 3 is 2.66 bits per heavy atom. The Balaban J connectivity index is 1.34. The molecule has 41 heavy (non-hydrogen) atoms. The lowest BCUT2D eigenvalue weighted by atomic mass is 9.87. The zero-order valence-electron chi connectivity index (χ0n) is 23.2. The van der Waals surface area contributed by atoms with Gasteiger partial charge in [-0.05, 0) is 79.8 Å². The van der Waals surface area contributed by atoms with Crippen LogP contribution in [0.2, 0.25) is 0 Å². The number of aromatic amines is 2. The summed E-state index contributed by atoms with van der Waals surface area (Å²) in [5.41, 5.74) is 8.62. The lowest BCUT2D eigenvalue weighted by Crippen LogP contribution is -2.20. The highest BCUT2D eigenvalue weighted by Gasteiger charge is 2.19. The third kappa shape index (κ3) is 5.23. The van der Waals surface area contributed by atoms with E-state index in [4.69, 9.17) is 4.98 Å². The van der Waals surface area contributed by atoms with Crippen LogP contribution >= 0.6 is 0 Å². The van der Waals surface area contributed by atoms with Crippen molar-refractivity contribution in [1.29, 1.82) is 0 Å². The van der Waals surface area contributed by atoms with Gasteiger partial charge in [-0.2, -0.15) is 5.10 Å². The zero-order chi connectivity index (χ0) is 28.3. The highest BCUT2D eigenvalue weighted by atomic mass is 19.1. The van der Waals surface area contributed by atoms with Crippen LogP contribution in [0.25, 0.3) is 50.2 Å². The smallest absolute Gasteiger partial charge is 0.135 e. The Bertz CT molecular complexity index is 1820. The second-order valence-electron chi connectivity index (χ2n) is 10.5. The summed E-state index contributed by atoms with van der Waals surface area (Å²) in [6.07, 6.45) is 13.8. The molecule has 7 heteroatoms. The van der Waals surface area contributed by atoms with Crippen LogP contribution in [0.5, 0.6) is 0 Å². The molecule has 0 saturated heterocycles. The number of nitrogens with zero attached hydrogens (tertiary/aromatic N) is 3. The SMILES string of the molecule is C=C/C(=C\C(=C/C)c1ccc2[nH]nc(-c3cc4c(-c5ccccc5F)nccc4[nH]3)c2n1)NC(=C)C1CCCCC1. The van der Waals surface area contributed by atoms with Gasteiger partial charge in [0, 0.05) is 34.1 Å². The highest BCUT2D eigenvalue weighted by molar-refractivity contribution is 5.99. The number of benzene rings is 1. The van der Waals surface area contributed by atoms with E-state index in [1.165, 1.54) is 38.2 Å². The standard InChI is InChI=1S/C34H33FN6/c1-4-22(19-24(5-2)37-21(3)23-11-7-6-8-12-23)28-15-16-30-33(39-28)34(41-40-30)31-20-26-29(38-31)17-18-36-32(26)25-13-9-10-14-27(25)35/h4-5,9-10,13-20,23,37-38H,2-3,6-8,11-12H2,1H3,(H,40,41)/b22-4+,24-19+. The Labute approximate surface area is 238 Å². The van der Waals surface area contributed by atoms with E-state index in [1.54, 1.807) is 18.3 Å². The minimum Gasteiger partial charge on any atom is -0.359 e. The molecule has 1 aliphatic rings. The van der Waals surface area contributed by atoms with Gasteiger partial charge in [0.05, 0.1) is 22.6 Å². The fraction of sp³-hybridized carbons (Fsp3) is 0.206. The lowest BCUT2D eigenvalue weighted by Gasteiger charge is -2.25. The monoisotopic (exact) mass is 544 g/mol. The van der Waals surface area contributed by atoms with Gasteiger partial charge >= 0.3 is 0 Å². The van der Waals surface area contributed by atoms with Crippen LogP contribution in [0.4, 0.5) is 4.39 Å². The van der Waals surface area contributed by atoms with Crippen molar-refractivity contribution in [3.8, 4) is 22.6 Å². The van der Waals surface area contributed by atoms with E-state index in [0.29, 0.717) is 22.9 Å². The van der Waals surface area contributed by atoms with Crippen molar-refractivity contribution in [2.45, 2.75) is 39.0 Å². The second-order valence-corrected chi connectivity index (χ2v) is 10.5. The van der Waals surface area contributed by atoms with E-state index >= 15 is 0 Å². The number of fused-ring (bicyclic) bond motifs is 2. The van der Waals surface area contributed by atoms with Gasteiger partial charge in [-0.3, -0.25) is 10.1 Å². The van der Waals surface area contributed by atoms with Gasteiger partial charge in [0.25, 0.3) is 0 Å². The lowest BCUT2D eigenvalue weighted by molar-refractivity contribution is 0.393. The first kappa shape index (κ1) is 26.4. The van der Waals surface area contributed by atoms with Crippen molar-refractivity contribution >= 4 is 27.5 Å². The number of hydrogen-bond acceptors (Lipinski definition) is 4. The maximum absolute atomic E-state index is 14.6. The number of pyridine rings is 2. The van der Waals surface area contributed by atoms with Gasteiger partial charge in [0.1, 0.15) is 17.0 Å². The van der Waals surface area contributed by atoms with Crippen molar-refractivity contribution in [2.75, 3.05) is 0 Å². The van der Waals surface area contributed by atoms with E-state index < -0.39 is 0 Å². The Morgan fingerprint density at radius 2 is 1.88 bits per heavy atom. The third-order valence-corrected chi connectivity index (χ3v) is 7.88. The number of H-pyrrole nitrogens is 2. The number of rotatable bonds is 8. The minimum absolute atomic E-state index is 0.311. The molecule has 0 unspecified atom stereocenters. The van der Waals surface area contributed by atoms with E-state index in [-0.39, 0.29) is 5.82 Å². The van der Waals surface area contributed by atoms with Crippen LogP contribution in [0, 0.1) is 11.7 Å². The summed E-state index contributed by atoms with van der Waals surface area (Å²) in [7, 11) is 0. The Hall–Kier alpha value is -4.78. The maximum atomic E-state index is 14.6. The van der Waals surface area contributed by atoms with Gasteiger partial charge in [-0.15, -0.1) is 0 Å². The van der Waals surface area contributed by atoms with Gasteiger partial charge in [-0.1, -0.05) is 50.6 Å². The summed E-state index contributed by atoms with van der Waals surface area (Å²) in [5, 5.41) is 12.0. The summed E-state index contributed by atoms with van der Waals surface area (Å²) in [4.78, 5) is 12.9. The second kappa shape index (κ2) is 11.4. The molecule has 1 fully saturated rings. The van der Waals surface area contributed by atoms with Gasteiger partial charge in [0.15, 0.2) is 0 Å². The first-order valence-corrected chi connectivity index (χ1v) is 14.1. The molecule has 1 saturated carbocycles. The van der Waals surface area contributed by atoms with Crippen LogP contribution in [0.3, 0.4) is 0 Å². The molecular weight excluding hydrogens is 511 g/mol. The molecule has 6 rings (SSSR count). The molecule has 5 aromatic rings. The van der Waals surface area contributed by atoms with Crippen LogP contribution in [-0.2, 0) is 0 Å². The molecule has 0 atom stereocenters. The molecule has 0 aliphatic heterocycles. The molecule has 4 heterocycles. The predicted molar refractivity (Wildman–Crippen MR) is 165 cm³/mol. The van der Waals surface area contributed by atoms with Crippen molar-refractivity contribution < 1.29 is 4.39 Å². The third-order valence-electron chi connectivity index (χ3n) is 7.88. The summed E-state index contributed by atoms with van der Waals surface area (Å²) >= 11 is 0.